The van der Waals surface area contributed by atoms with E-state index >= 15 is 0 Å². The standard InChI is InChI=1S/C9H17ClFN/c1-9(2,3)8-4-7(11)6(10)5-12-8/h6-8,12H,4-5H2,1-3H3. The molecule has 0 aromatic heterocycles. The normalized spacial score (nSPS) is 38.2. The smallest absolute Gasteiger partial charge is 0.119 e. The van der Waals surface area contributed by atoms with E-state index in [1.54, 1.807) is 0 Å². The predicted octanol–water partition coefficient (Wildman–Crippen LogP) is 2.34. The Labute approximate surface area is 78.7 Å². The molecule has 1 rings (SSSR count). The van der Waals surface area contributed by atoms with Crippen LogP contribution in [-0.2, 0) is 0 Å². The summed E-state index contributed by atoms with van der Waals surface area (Å²) in [6.07, 6.45) is -0.311. The molecule has 1 aliphatic heterocycles. The van der Waals surface area contributed by atoms with Gasteiger partial charge in [0.1, 0.15) is 6.17 Å². The van der Waals surface area contributed by atoms with Crippen molar-refractivity contribution in [3.8, 4) is 0 Å². The topological polar surface area (TPSA) is 12.0 Å². The molecular weight excluding hydrogens is 177 g/mol. The summed E-state index contributed by atoms with van der Waals surface area (Å²) >= 11 is 5.74. The number of piperidine rings is 1. The summed E-state index contributed by atoms with van der Waals surface area (Å²) in [5.74, 6) is 0. The first-order chi connectivity index (χ1) is 5.41. The van der Waals surface area contributed by atoms with Crippen LogP contribution >= 0.6 is 11.6 Å². The maximum absolute atomic E-state index is 13.2. The van der Waals surface area contributed by atoms with E-state index in [-0.39, 0.29) is 16.8 Å². The van der Waals surface area contributed by atoms with Crippen LogP contribution in [0.1, 0.15) is 27.2 Å². The number of rotatable bonds is 0. The third-order valence-electron chi connectivity index (χ3n) is 2.46. The second-order valence-corrected chi connectivity index (χ2v) is 5.16. The van der Waals surface area contributed by atoms with Crippen molar-refractivity contribution < 1.29 is 4.39 Å². The quantitative estimate of drug-likeness (QED) is 0.583. The van der Waals surface area contributed by atoms with Gasteiger partial charge in [0, 0.05) is 12.6 Å². The number of nitrogens with one attached hydrogen (secondary N) is 1. The number of halogens is 2. The molecule has 0 radical (unpaired) electrons. The van der Waals surface area contributed by atoms with Crippen molar-refractivity contribution in [2.75, 3.05) is 6.54 Å². The van der Waals surface area contributed by atoms with Crippen LogP contribution in [0, 0.1) is 5.41 Å². The van der Waals surface area contributed by atoms with Gasteiger partial charge in [-0.15, -0.1) is 11.6 Å². The van der Waals surface area contributed by atoms with Gasteiger partial charge in [0.2, 0.25) is 0 Å². The molecule has 1 fully saturated rings. The van der Waals surface area contributed by atoms with E-state index in [9.17, 15) is 4.39 Å². The Morgan fingerprint density at radius 2 is 2.00 bits per heavy atom. The van der Waals surface area contributed by atoms with E-state index in [4.69, 9.17) is 11.6 Å². The van der Waals surface area contributed by atoms with Crippen molar-refractivity contribution in [2.45, 2.75) is 44.8 Å². The molecule has 0 spiro atoms. The highest BCUT2D eigenvalue weighted by molar-refractivity contribution is 6.21. The third kappa shape index (κ3) is 2.33. The van der Waals surface area contributed by atoms with Gasteiger partial charge in [0.25, 0.3) is 0 Å². The monoisotopic (exact) mass is 193 g/mol. The zero-order valence-electron chi connectivity index (χ0n) is 7.90. The molecule has 1 saturated heterocycles. The Bertz CT molecular complexity index is 155. The highest BCUT2D eigenvalue weighted by Crippen LogP contribution is 2.28. The van der Waals surface area contributed by atoms with Crippen LogP contribution in [0.2, 0.25) is 0 Å². The summed E-state index contributed by atoms with van der Waals surface area (Å²) < 4.78 is 13.2. The van der Waals surface area contributed by atoms with Crippen molar-refractivity contribution in [3.05, 3.63) is 0 Å². The van der Waals surface area contributed by atoms with E-state index < -0.39 is 6.17 Å². The highest BCUT2D eigenvalue weighted by Gasteiger charge is 2.34. The van der Waals surface area contributed by atoms with E-state index in [1.165, 1.54) is 0 Å². The van der Waals surface area contributed by atoms with Crippen LogP contribution in [0.15, 0.2) is 0 Å². The minimum atomic E-state index is -0.850. The van der Waals surface area contributed by atoms with Gasteiger partial charge in [0.05, 0.1) is 5.38 Å². The average molecular weight is 194 g/mol. The van der Waals surface area contributed by atoms with E-state index in [2.05, 4.69) is 26.1 Å². The molecule has 72 valence electrons. The van der Waals surface area contributed by atoms with Crippen molar-refractivity contribution >= 4 is 11.6 Å². The Kier molecular flexibility index (Phi) is 3.00. The Morgan fingerprint density at radius 1 is 1.42 bits per heavy atom. The molecule has 12 heavy (non-hydrogen) atoms. The first-order valence-electron chi connectivity index (χ1n) is 4.43. The minimum Gasteiger partial charge on any atom is -0.312 e. The van der Waals surface area contributed by atoms with Gasteiger partial charge in [-0.25, -0.2) is 4.39 Å². The van der Waals surface area contributed by atoms with Gasteiger partial charge < -0.3 is 5.32 Å². The van der Waals surface area contributed by atoms with Crippen molar-refractivity contribution in [1.82, 2.24) is 5.32 Å². The molecule has 0 aromatic carbocycles. The summed E-state index contributed by atoms with van der Waals surface area (Å²) in [5.41, 5.74) is 0.126. The molecule has 3 atom stereocenters. The highest BCUT2D eigenvalue weighted by atomic mass is 35.5. The van der Waals surface area contributed by atoms with Gasteiger partial charge in [-0.2, -0.15) is 0 Å². The van der Waals surface area contributed by atoms with Gasteiger partial charge in [-0.3, -0.25) is 0 Å². The molecular formula is C9H17ClFN. The molecule has 1 N–H and O–H groups in total. The average Bonchev–Trinajstić information content (AvgIpc) is 1.92. The molecule has 0 bridgehead atoms. The molecule has 1 heterocycles. The molecule has 3 heteroatoms. The molecule has 0 amide bonds. The van der Waals surface area contributed by atoms with E-state index in [0.717, 1.165) is 0 Å². The summed E-state index contributed by atoms with van der Waals surface area (Å²) in [4.78, 5) is 0. The Morgan fingerprint density at radius 3 is 2.42 bits per heavy atom. The summed E-state index contributed by atoms with van der Waals surface area (Å²) in [6, 6.07) is 0.252. The lowest BCUT2D eigenvalue weighted by molar-refractivity contribution is 0.155. The Balaban J connectivity index is 2.51. The van der Waals surface area contributed by atoms with Gasteiger partial charge in [0.15, 0.2) is 0 Å². The number of alkyl halides is 2. The lowest BCUT2D eigenvalue weighted by Crippen LogP contribution is -2.51. The summed E-state index contributed by atoms with van der Waals surface area (Å²) in [5, 5.41) is 2.92. The fourth-order valence-electron chi connectivity index (χ4n) is 1.50. The van der Waals surface area contributed by atoms with Crippen LogP contribution in [0.3, 0.4) is 0 Å². The first-order valence-corrected chi connectivity index (χ1v) is 4.86. The zero-order valence-corrected chi connectivity index (χ0v) is 8.66. The maximum Gasteiger partial charge on any atom is 0.119 e. The molecule has 0 aromatic rings. The van der Waals surface area contributed by atoms with Gasteiger partial charge in [-0.05, 0) is 11.8 Å². The van der Waals surface area contributed by atoms with Crippen LogP contribution < -0.4 is 5.32 Å². The summed E-state index contributed by atoms with van der Waals surface area (Å²) in [7, 11) is 0. The SMILES string of the molecule is CC(C)(C)C1CC(F)C(Cl)CN1. The molecule has 0 aliphatic carbocycles. The van der Waals surface area contributed by atoms with Gasteiger partial charge >= 0.3 is 0 Å². The van der Waals surface area contributed by atoms with Crippen LogP contribution in [0.25, 0.3) is 0 Å². The fraction of sp³-hybridized carbons (Fsp3) is 1.00. The molecule has 0 saturated carbocycles. The van der Waals surface area contributed by atoms with Crippen molar-refractivity contribution in [3.63, 3.8) is 0 Å². The number of hydrogen-bond donors (Lipinski definition) is 1. The molecule has 1 nitrogen and oxygen atoms in total. The fourth-order valence-corrected chi connectivity index (χ4v) is 1.69. The van der Waals surface area contributed by atoms with Crippen LogP contribution in [-0.4, -0.2) is 24.1 Å². The third-order valence-corrected chi connectivity index (χ3v) is 2.89. The molecule has 3 unspecified atom stereocenters. The number of hydrogen-bond acceptors (Lipinski definition) is 1. The lowest BCUT2D eigenvalue weighted by Gasteiger charge is -2.38. The lowest BCUT2D eigenvalue weighted by atomic mass is 9.81. The minimum absolute atomic E-state index is 0.126. The predicted molar refractivity (Wildman–Crippen MR) is 50.4 cm³/mol. The molecule has 1 aliphatic rings. The van der Waals surface area contributed by atoms with Crippen LogP contribution in [0.5, 0.6) is 0 Å². The van der Waals surface area contributed by atoms with E-state index in [1.807, 2.05) is 0 Å². The summed E-state index contributed by atoms with van der Waals surface area (Å²) in [6.45, 7) is 6.94. The van der Waals surface area contributed by atoms with Crippen LogP contribution in [0.4, 0.5) is 4.39 Å². The Hall–Kier alpha value is 0.180. The second kappa shape index (κ2) is 3.51. The van der Waals surface area contributed by atoms with Gasteiger partial charge in [-0.1, -0.05) is 20.8 Å². The first kappa shape index (κ1) is 10.3. The van der Waals surface area contributed by atoms with Crippen molar-refractivity contribution in [2.24, 2.45) is 5.41 Å². The van der Waals surface area contributed by atoms with E-state index in [0.29, 0.717) is 13.0 Å². The zero-order chi connectivity index (χ0) is 9.35. The maximum atomic E-state index is 13.2. The largest absolute Gasteiger partial charge is 0.312 e. The van der Waals surface area contributed by atoms with Crippen molar-refractivity contribution in [1.29, 1.82) is 0 Å². The second-order valence-electron chi connectivity index (χ2n) is 4.59.